The number of carbonyl (C=O) groups is 1. The van der Waals surface area contributed by atoms with E-state index in [0.717, 1.165) is 47.7 Å². The summed E-state index contributed by atoms with van der Waals surface area (Å²) in [6.07, 6.45) is 9.04. The zero-order chi connectivity index (χ0) is 20.9. The van der Waals surface area contributed by atoms with Crippen molar-refractivity contribution in [1.29, 1.82) is 0 Å². The second kappa shape index (κ2) is 9.11. The number of fused-ring (bicyclic) bond motifs is 1. The zero-order valence-electron chi connectivity index (χ0n) is 17.4. The number of rotatable bonds is 5. The van der Waals surface area contributed by atoms with Gasteiger partial charge in [-0.25, -0.2) is 4.79 Å². The fraction of sp³-hybridized carbons (Fsp3) is 0.375. The molecule has 1 fully saturated rings. The van der Waals surface area contributed by atoms with E-state index >= 15 is 0 Å². The fourth-order valence-corrected chi connectivity index (χ4v) is 4.18. The first-order valence-electron chi connectivity index (χ1n) is 10.7. The molecule has 1 saturated carbocycles. The van der Waals surface area contributed by atoms with Gasteiger partial charge in [0.15, 0.2) is 0 Å². The molecule has 0 unspecified atom stereocenters. The van der Waals surface area contributed by atoms with Gasteiger partial charge >= 0.3 is 6.03 Å². The maximum absolute atomic E-state index is 13.1. The SMILES string of the molecule is Cc1cccc2cc(CN(Cc3cccnc3)C(=O)NC3CCCCC3)c(=O)[nH]c12. The van der Waals surface area contributed by atoms with Gasteiger partial charge in [-0.2, -0.15) is 0 Å². The van der Waals surface area contributed by atoms with Gasteiger partial charge in [0.1, 0.15) is 0 Å². The highest BCUT2D eigenvalue weighted by molar-refractivity contribution is 5.82. The van der Waals surface area contributed by atoms with Crippen LogP contribution >= 0.6 is 0 Å². The summed E-state index contributed by atoms with van der Waals surface area (Å²) in [6, 6.07) is 11.7. The Labute approximate surface area is 176 Å². The van der Waals surface area contributed by atoms with Crippen LogP contribution in [0.1, 0.15) is 48.8 Å². The van der Waals surface area contributed by atoms with Gasteiger partial charge in [0, 0.05) is 30.5 Å². The van der Waals surface area contributed by atoms with Gasteiger partial charge in [-0.1, -0.05) is 43.5 Å². The maximum Gasteiger partial charge on any atom is 0.318 e. The summed E-state index contributed by atoms with van der Waals surface area (Å²) >= 11 is 0. The van der Waals surface area contributed by atoms with Gasteiger partial charge in [-0.3, -0.25) is 9.78 Å². The lowest BCUT2D eigenvalue weighted by molar-refractivity contribution is 0.184. The number of aromatic nitrogens is 2. The van der Waals surface area contributed by atoms with Crippen LogP contribution in [-0.4, -0.2) is 26.9 Å². The van der Waals surface area contributed by atoms with Crippen LogP contribution in [0.3, 0.4) is 0 Å². The van der Waals surface area contributed by atoms with Crippen molar-refractivity contribution in [3.05, 3.63) is 75.8 Å². The van der Waals surface area contributed by atoms with Crippen LogP contribution in [0.2, 0.25) is 0 Å². The van der Waals surface area contributed by atoms with Crippen LogP contribution in [0.15, 0.2) is 53.6 Å². The normalized spacial score (nSPS) is 14.6. The topological polar surface area (TPSA) is 78.1 Å². The largest absolute Gasteiger partial charge is 0.335 e. The minimum Gasteiger partial charge on any atom is -0.335 e. The van der Waals surface area contributed by atoms with Crippen molar-refractivity contribution in [3.63, 3.8) is 0 Å². The lowest BCUT2D eigenvalue weighted by atomic mass is 9.96. The van der Waals surface area contributed by atoms with Crippen molar-refractivity contribution in [3.8, 4) is 0 Å². The van der Waals surface area contributed by atoms with E-state index in [4.69, 9.17) is 0 Å². The molecule has 1 aliphatic carbocycles. The van der Waals surface area contributed by atoms with Gasteiger partial charge in [0.05, 0.1) is 12.1 Å². The van der Waals surface area contributed by atoms with Crippen LogP contribution in [0.25, 0.3) is 10.9 Å². The van der Waals surface area contributed by atoms with Crippen molar-refractivity contribution < 1.29 is 4.79 Å². The molecule has 0 spiro atoms. The third-order valence-corrected chi connectivity index (χ3v) is 5.84. The van der Waals surface area contributed by atoms with Gasteiger partial charge in [-0.15, -0.1) is 0 Å². The fourth-order valence-electron chi connectivity index (χ4n) is 4.18. The Kier molecular flexibility index (Phi) is 6.12. The summed E-state index contributed by atoms with van der Waals surface area (Å²) in [7, 11) is 0. The highest BCUT2D eigenvalue weighted by Crippen LogP contribution is 2.19. The molecular weight excluding hydrogens is 376 g/mol. The lowest BCUT2D eigenvalue weighted by Crippen LogP contribution is -2.45. The lowest BCUT2D eigenvalue weighted by Gasteiger charge is -2.28. The number of hydrogen-bond donors (Lipinski definition) is 2. The van der Waals surface area contributed by atoms with Gasteiger partial charge < -0.3 is 15.2 Å². The van der Waals surface area contributed by atoms with Crippen molar-refractivity contribution >= 4 is 16.9 Å². The van der Waals surface area contributed by atoms with Crippen LogP contribution in [0, 0.1) is 6.92 Å². The average Bonchev–Trinajstić information content (AvgIpc) is 2.76. The molecule has 2 heterocycles. The molecule has 2 aromatic heterocycles. The number of nitrogens with one attached hydrogen (secondary N) is 2. The molecule has 0 aliphatic heterocycles. The van der Waals surface area contributed by atoms with E-state index in [1.54, 1.807) is 17.3 Å². The van der Waals surface area contributed by atoms with E-state index in [9.17, 15) is 9.59 Å². The highest BCUT2D eigenvalue weighted by atomic mass is 16.2. The number of aryl methyl sites for hydroxylation is 1. The van der Waals surface area contributed by atoms with Crippen LogP contribution in [-0.2, 0) is 13.1 Å². The third-order valence-electron chi connectivity index (χ3n) is 5.84. The number of carbonyl (C=O) groups excluding carboxylic acids is 1. The molecule has 6 nitrogen and oxygen atoms in total. The Balaban J connectivity index is 1.60. The molecular formula is C24H28N4O2. The predicted molar refractivity (Wildman–Crippen MR) is 118 cm³/mol. The van der Waals surface area contributed by atoms with E-state index in [-0.39, 0.29) is 24.2 Å². The summed E-state index contributed by atoms with van der Waals surface area (Å²) in [4.78, 5) is 34.7. The van der Waals surface area contributed by atoms with E-state index in [2.05, 4.69) is 15.3 Å². The first kappa shape index (κ1) is 20.1. The van der Waals surface area contributed by atoms with E-state index < -0.39 is 0 Å². The highest BCUT2D eigenvalue weighted by Gasteiger charge is 2.21. The number of para-hydroxylation sites is 1. The molecule has 1 aromatic carbocycles. The molecule has 3 aromatic rings. The predicted octanol–water partition coefficient (Wildman–Crippen LogP) is 4.28. The summed E-state index contributed by atoms with van der Waals surface area (Å²) in [5.41, 5.74) is 3.23. The number of benzene rings is 1. The standard InChI is InChI=1S/C24H28N4O2/c1-17-7-5-9-19-13-20(23(29)27-22(17)19)16-28(15-18-8-6-12-25-14-18)24(30)26-21-10-3-2-4-11-21/h5-9,12-14,21H,2-4,10-11,15-16H2,1H3,(H,26,30)(H,27,29). The Hall–Kier alpha value is -3.15. The molecule has 0 bridgehead atoms. The Morgan fingerprint density at radius 1 is 1.17 bits per heavy atom. The monoisotopic (exact) mass is 404 g/mol. The van der Waals surface area contributed by atoms with Crippen LogP contribution in [0.5, 0.6) is 0 Å². The number of aromatic amines is 1. The summed E-state index contributed by atoms with van der Waals surface area (Å²) in [5.74, 6) is 0. The number of nitrogens with zero attached hydrogens (tertiary/aromatic N) is 2. The van der Waals surface area contributed by atoms with Crippen molar-refractivity contribution in [1.82, 2.24) is 20.2 Å². The van der Waals surface area contributed by atoms with E-state index in [1.807, 2.05) is 43.3 Å². The van der Waals surface area contributed by atoms with Gasteiger partial charge in [0.25, 0.3) is 5.56 Å². The molecule has 6 heteroatoms. The molecule has 0 atom stereocenters. The molecule has 156 valence electrons. The van der Waals surface area contributed by atoms with Gasteiger partial charge in [-0.05, 0) is 48.4 Å². The number of H-pyrrole nitrogens is 1. The second-order valence-electron chi connectivity index (χ2n) is 8.16. The van der Waals surface area contributed by atoms with Crippen molar-refractivity contribution in [2.75, 3.05) is 0 Å². The minimum atomic E-state index is -0.154. The Morgan fingerprint density at radius 2 is 2.00 bits per heavy atom. The smallest absolute Gasteiger partial charge is 0.318 e. The first-order valence-corrected chi connectivity index (χ1v) is 10.7. The Morgan fingerprint density at radius 3 is 2.77 bits per heavy atom. The van der Waals surface area contributed by atoms with Crippen LogP contribution < -0.4 is 10.9 Å². The molecule has 0 saturated heterocycles. The number of hydrogen-bond acceptors (Lipinski definition) is 3. The quantitative estimate of drug-likeness (QED) is 0.666. The molecule has 4 rings (SSSR count). The average molecular weight is 405 g/mol. The third kappa shape index (κ3) is 4.70. The Bertz CT molecular complexity index is 1070. The van der Waals surface area contributed by atoms with Crippen molar-refractivity contribution in [2.24, 2.45) is 0 Å². The maximum atomic E-state index is 13.1. The summed E-state index contributed by atoms with van der Waals surface area (Å²) in [6.45, 7) is 2.62. The minimum absolute atomic E-state index is 0.130. The van der Waals surface area contributed by atoms with Crippen molar-refractivity contribution in [2.45, 2.75) is 58.2 Å². The number of amides is 2. The number of urea groups is 1. The molecule has 30 heavy (non-hydrogen) atoms. The molecule has 2 amide bonds. The first-order chi connectivity index (χ1) is 14.6. The van der Waals surface area contributed by atoms with E-state index in [0.29, 0.717) is 12.1 Å². The van der Waals surface area contributed by atoms with E-state index in [1.165, 1.54) is 6.42 Å². The second-order valence-corrected chi connectivity index (χ2v) is 8.16. The summed E-state index contributed by atoms with van der Waals surface area (Å²) < 4.78 is 0. The molecule has 0 radical (unpaired) electrons. The zero-order valence-corrected chi connectivity index (χ0v) is 17.4. The van der Waals surface area contributed by atoms with Gasteiger partial charge in [0.2, 0.25) is 0 Å². The molecule has 1 aliphatic rings. The van der Waals surface area contributed by atoms with Crippen LogP contribution in [0.4, 0.5) is 4.79 Å². The number of pyridine rings is 2. The molecule has 2 N–H and O–H groups in total. The summed E-state index contributed by atoms with van der Waals surface area (Å²) in [5, 5.41) is 4.15.